The van der Waals surface area contributed by atoms with Crippen molar-refractivity contribution in [2.75, 3.05) is 5.32 Å². The van der Waals surface area contributed by atoms with Gasteiger partial charge in [0.15, 0.2) is 0 Å². The monoisotopic (exact) mass is 547 g/mol. The first kappa shape index (κ1) is 26.1. The maximum Gasteiger partial charge on any atom is 0.246 e. The Morgan fingerprint density at radius 2 is 1.87 bits per heavy atom. The van der Waals surface area contributed by atoms with Gasteiger partial charge < -0.3 is 20.3 Å². The van der Waals surface area contributed by atoms with Crippen molar-refractivity contribution in [3.8, 4) is 0 Å². The molecular formula is C31H34ClN3O4. The van der Waals surface area contributed by atoms with E-state index in [-0.39, 0.29) is 30.3 Å². The van der Waals surface area contributed by atoms with Crippen LogP contribution in [-0.2, 0) is 25.7 Å². The molecule has 2 aromatic carbocycles. The molecule has 1 spiro atoms. The molecule has 3 aliphatic heterocycles. The van der Waals surface area contributed by atoms with Gasteiger partial charge in [-0.25, -0.2) is 0 Å². The number of anilines is 1. The Morgan fingerprint density at radius 1 is 1.08 bits per heavy atom. The lowest BCUT2D eigenvalue weighted by molar-refractivity contribution is -0.142. The van der Waals surface area contributed by atoms with Gasteiger partial charge in [0.1, 0.15) is 11.6 Å². The lowest BCUT2D eigenvalue weighted by Gasteiger charge is -2.38. The Kier molecular flexibility index (Phi) is 6.76. The quantitative estimate of drug-likeness (QED) is 0.519. The van der Waals surface area contributed by atoms with Crippen molar-refractivity contribution in [2.24, 2.45) is 23.7 Å². The van der Waals surface area contributed by atoms with Gasteiger partial charge in [-0.15, -0.1) is 0 Å². The number of rotatable bonds is 6. The van der Waals surface area contributed by atoms with Crippen LogP contribution in [0.1, 0.15) is 38.7 Å². The molecule has 0 unspecified atom stereocenters. The number of carbonyl (C=O) groups excluding carboxylic acids is 3. The van der Waals surface area contributed by atoms with Crippen LogP contribution in [0.2, 0.25) is 5.02 Å². The zero-order valence-corrected chi connectivity index (χ0v) is 22.9. The number of benzene rings is 2. The van der Waals surface area contributed by atoms with E-state index in [0.29, 0.717) is 22.5 Å². The summed E-state index contributed by atoms with van der Waals surface area (Å²) in [5.74, 6) is -1.47. The van der Waals surface area contributed by atoms with Gasteiger partial charge >= 0.3 is 0 Å². The predicted molar refractivity (Wildman–Crippen MR) is 149 cm³/mol. The zero-order chi connectivity index (χ0) is 27.3. The third-order valence-corrected chi connectivity index (χ3v) is 9.48. The lowest BCUT2D eigenvalue weighted by Crippen LogP contribution is -2.57. The normalized spacial score (nSPS) is 34.7. The first-order valence-electron chi connectivity index (χ1n) is 13.9. The van der Waals surface area contributed by atoms with Crippen LogP contribution in [0.4, 0.5) is 5.69 Å². The number of hydrogen-bond acceptors (Lipinski definition) is 4. The number of ether oxygens (including phenoxy) is 1. The van der Waals surface area contributed by atoms with E-state index in [9.17, 15) is 14.4 Å². The molecule has 39 heavy (non-hydrogen) atoms. The molecule has 3 amide bonds. The van der Waals surface area contributed by atoms with Crippen LogP contribution >= 0.6 is 11.6 Å². The summed E-state index contributed by atoms with van der Waals surface area (Å²) in [6, 6.07) is 15.7. The Bertz CT molecular complexity index is 1320. The molecule has 3 heterocycles. The van der Waals surface area contributed by atoms with Crippen molar-refractivity contribution in [1.29, 1.82) is 0 Å². The average molecular weight is 548 g/mol. The summed E-state index contributed by atoms with van der Waals surface area (Å²) in [4.78, 5) is 43.5. The van der Waals surface area contributed by atoms with E-state index in [1.165, 1.54) is 0 Å². The number of hydrogen-bond donors (Lipinski definition) is 2. The molecule has 7 nitrogen and oxygen atoms in total. The fourth-order valence-electron chi connectivity index (χ4n) is 7.06. The van der Waals surface area contributed by atoms with Gasteiger partial charge in [-0.1, -0.05) is 86.8 Å². The van der Waals surface area contributed by atoms with E-state index in [4.69, 9.17) is 16.3 Å². The molecule has 2 bridgehead atoms. The second kappa shape index (κ2) is 10.1. The summed E-state index contributed by atoms with van der Waals surface area (Å²) in [6.45, 7) is 4.67. The minimum absolute atomic E-state index is 0.0369. The van der Waals surface area contributed by atoms with Gasteiger partial charge in [0, 0.05) is 23.3 Å². The van der Waals surface area contributed by atoms with Crippen LogP contribution in [0.15, 0.2) is 66.7 Å². The van der Waals surface area contributed by atoms with Crippen LogP contribution < -0.4 is 10.6 Å². The number of nitrogens with zero attached hydrogens (tertiary/aromatic N) is 1. The van der Waals surface area contributed by atoms with Crippen LogP contribution in [-0.4, -0.2) is 46.4 Å². The Morgan fingerprint density at radius 3 is 2.64 bits per heavy atom. The first-order chi connectivity index (χ1) is 18.8. The van der Waals surface area contributed by atoms with Crippen molar-refractivity contribution >= 4 is 35.0 Å². The van der Waals surface area contributed by atoms with Gasteiger partial charge in [-0.3, -0.25) is 14.4 Å². The molecule has 1 saturated carbocycles. The highest BCUT2D eigenvalue weighted by Crippen LogP contribution is 2.55. The second-order valence-electron chi connectivity index (χ2n) is 11.5. The number of carbonyl (C=O) groups is 3. The molecule has 0 radical (unpaired) electrons. The van der Waals surface area contributed by atoms with E-state index in [2.05, 4.69) is 24.5 Å². The van der Waals surface area contributed by atoms with E-state index >= 15 is 0 Å². The molecule has 4 aliphatic rings. The minimum Gasteiger partial charge on any atom is -0.359 e. The molecule has 1 aliphatic carbocycles. The van der Waals surface area contributed by atoms with Crippen LogP contribution in [0.5, 0.6) is 0 Å². The molecule has 204 valence electrons. The molecule has 2 saturated heterocycles. The molecular weight excluding hydrogens is 514 g/mol. The van der Waals surface area contributed by atoms with E-state index < -0.39 is 29.6 Å². The molecule has 2 N–H and O–H groups in total. The van der Waals surface area contributed by atoms with Crippen molar-refractivity contribution < 1.29 is 19.1 Å². The van der Waals surface area contributed by atoms with Crippen LogP contribution in [0.3, 0.4) is 0 Å². The smallest absolute Gasteiger partial charge is 0.246 e. The van der Waals surface area contributed by atoms with Gasteiger partial charge in [0.05, 0.1) is 17.9 Å². The highest BCUT2D eigenvalue weighted by Gasteiger charge is 2.72. The largest absolute Gasteiger partial charge is 0.359 e. The van der Waals surface area contributed by atoms with E-state index in [1.54, 1.807) is 29.2 Å². The van der Waals surface area contributed by atoms with Crippen molar-refractivity contribution in [3.63, 3.8) is 0 Å². The predicted octanol–water partition coefficient (Wildman–Crippen LogP) is 4.57. The molecule has 3 fully saturated rings. The number of amides is 3. The number of nitrogens with one attached hydrogen (secondary N) is 2. The summed E-state index contributed by atoms with van der Waals surface area (Å²) in [6.07, 6.45) is 6.23. The maximum atomic E-state index is 14.2. The molecule has 2 aromatic rings. The molecule has 6 rings (SSSR count). The van der Waals surface area contributed by atoms with E-state index in [1.807, 2.05) is 42.5 Å². The number of likely N-dealkylation sites (tertiary alicyclic amines) is 1. The highest BCUT2D eigenvalue weighted by atomic mass is 35.5. The Hall–Kier alpha value is -3.16. The third-order valence-electron chi connectivity index (χ3n) is 9.25. The highest BCUT2D eigenvalue weighted by molar-refractivity contribution is 6.30. The second-order valence-corrected chi connectivity index (χ2v) is 12.0. The fraction of sp³-hybridized carbons (Fsp3) is 0.452. The van der Waals surface area contributed by atoms with Gasteiger partial charge in [-0.05, 0) is 42.0 Å². The van der Waals surface area contributed by atoms with Crippen LogP contribution in [0, 0.1) is 23.7 Å². The molecule has 8 atom stereocenters. The summed E-state index contributed by atoms with van der Waals surface area (Å²) < 4.78 is 6.47. The molecule has 0 aromatic heterocycles. The number of halogens is 1. The van der Waals surface area contributed by atoms with Gasteiger partial charge in [-0.2, -0.15) is 0 Å². The zero-order valence-electron chi connectivity index (χ0n) is 22.2. The fourth-order valence-corrected chi connectivity index (χ4v) is 7.25. The van der Waals surface area contributed by atoms with Gasteiger partial charge in [0.25, 0.3) is 0 Å². The van der Waals surface area contributed by atoms with Gasteiger partial charge in [0.2, 0.25) is 17.7 Å². The number of fused-ring (bicyclic) bond motifs is 1. The van der Waals surface area contributed by atoms with Crippen LogP contribution in [0.25, 0.3) is 0 Å². The van der Waals surface area contributed by atoms with E-state index in [0.717, 1.165) is 24.8 Å². The summed E-state index contributed by atoms with van der Waals surface area (Å²) in [5.41, 5.74) is 0.272. The Balaban J connectivity index is 1.33. The third kappa shape index (κ3) is 4.45. The van der Waals surface area contributed by atoms with Crippen molar-refractivity contribution in [3.05, 3.63) is 77.3 Å². The SMILES string of the molecule is C[C@H]1[C@H](C)CCC[C@@H]1NC(=O)[C@@H]1N(Cc2ccccc2)C(=O)[C@@H]2[C@H](C(=O)Nc3cccc(Cl)c3)[C@@H]3C=C[C@]21O3. The van der Waals surface area contributed by atoms with Crippen molar-refractivity contribution in [2.45, 2.75) is 63.4 Å². The summed E-state index contributed by atoms with van der Waals surface area (Å²) >= 11 is 6.12. The first-order valence-corrected chi connectivity index (χ1v) is 14.2. The summed E-state index contributed by atoms with van der Waals surface area (Å²) in [7, 11) is 0. The topological polar surface area (TPSA) is 87.7 Å². The summed E-state index contributed by atoms with van der Waals surface area (Å²) in [5, 5.41) is 6.71. The van der Waals surface area contributed by atoms with Crippen molar-refractivity contribution in [1.82, 2.24) is 10.2 Å². The standard InChI is InChI=1S/C31H34ClN3O4/c1-18-8-6-13-23(19(18)2)34-29(37)27-31-15-14-24(39-31)25(28(36)33-22-12-7-11-21(32)16-22)26(31)30(38)35(27)17-20-9-4-3-5-10-20/h3-5,7,9-12,14-16,18-19,23-27H,6,8,13,17H2,1-2H3,(H,33,36)(H,34,37)/t18-,19+,23+,24+,25-,26+,27+,31+/m1/s1. The average Bonchev–Trinajstić information content (AvgIpc) is 3.55. The maximum absolute atomic E-state index is 14.2. The lowest BCUT2D eigenvalue weighted by atomic mass is 9.73. The Labute approximate surface area is 233 Å². The minimum atomic E-state index is -1.19. The molecule has 8 heteroatoms.